The third kappa shape index (κ3) is 2.69. The molecule has 0 unspecified atom stereocenters. The van der Waals surface area contributed by atoms with Crippen LogP contribution in [0.2, 0.25) is 0 Å². The van der Waals surface area contributed by atoms with Crippen LogP contribution in [0.15, 0.2) is 41.6 Å². The van der Waals surface area contributed by atoms with E-state index in [2.05, 4.69) is 4.98 Å². The second-order valence-electron chi connectivity index (χ2n) is 4.90. The van der Waals surface area contributed by atoms with Gasteiger partial charge in [-0.1, -0.05) is 12.1 Å². The van der Waals surface area contributed by atoms with E-state index in [1.807, 2.05) is 0 Å². The summed E-state index contributed by atoms with van der Waals surface area (Å²) in [5.41, 5.74) is 0.00132. The molecule has 0 saturated heterocycles. The molecule has 1 aromatic carbocycles. The highest BCUT2D eigenvalue weighted by Gasteiger charge is 2.41. The quantitative estimate of drug-likeness (QED) is 0.850. The van der Waals surface area contributed by atoms with Crippen molar-refractivity contribution in [1.29, 1.82) is 0 Å². The number of alkyl halides is 3. The lowest BCUT2D eigenvalue weighted by Gasteiger charge is -2.16. The Kier molecular flexibility index (Phi) is 3.43. The number of sulfonamides is 1. The summed E-state index contributed by atoms with van der Waals surface area (Å²) in [5.74, 6) is -0.936. The van der Waals surface area contributed by atoms with Gasteiger partial charge in [-0.25, -0.2) is 17.7 Å². The number of fused-ring (bicyclic) bond motifs is 1. The minimum absolute atomic E-state index is 0.00132. The van der Waals surface area contributed by atoms with Crippen LogP contribution >= 0.6 is 0 Å². The predicted octanol–water partition coefficient (Wildman–Crippen LogP) is 1.79. The summed E-state index contributed by atoms with van der Waals surface area (Å²) in [4.78, 5) is 15.8. The molecule has 1 aromatic heterocycles. The Morgan fingerprint density at radius 1 is 1.17 bits per heavy atom. The molecule has 23 heavy (non-hydrogen) atoms. The molecule has 10 heteroatoms. The number of nitrogens with zero attached hydrogens (tertiary/aromatic N) is 3. The lowest BCUT2D eigenvalue weighted by Crippen LogP contribution is -2.31. The summed E-state index contributed by atoms with van der Waals surface area (Å²) >= 11 is 0. The van der Waals surface area contributed by atoms with Gasteiger partial charge in [0.25, 0.3) is 15.9 Å². The molecule has 0 saturated carbocycles. The second-order valence-corrected chi connectivity index (χ2v) is 6.73. The molecular formula is C13H10F3N3O3S. The van der Waals surface area contributed by atoms with Crippen molar-refractivity contribution < 1.29 is 26.4 Å². The van der Waals surface area contributed by atoms with Gasteiger partial charge < -0.3 is 4.57 Å². The standard InChI is InChI=1S/C13H10F3N3O3S/c14-13(15,16)8-18-6-5-17-11(18)7-19-12(20)9-3-1-2-4-10(9)23(19,21)22/h1-6H,7-8H2. The van der Waals surface area contributed by atoms with Gasteiger partial charge in [0.05, 0.1) is 12.1 Å². The Morgan fingerprint density at radius 3 is 2.52 bits per heavy atom. The molecule has 0 N–H and O–H groups in total. The molecule has 1 amide bonds. The normalized spacial score (nSPS) is 16.7. The fraction of sp³-hybridized carbons (Fsp3) is 0.231. The number of imidazole rings is 1. The maximum atomic E-state index is 12.5. The number of hydrogen-bond acceptors (Lipinski definition) is 4. The molecule has 0 radical (unpaired) electrons. The monoisotopic (exact) mass is 345 g/mol. The zero-order valence-electron chi connectivity index (χ0n) is 11.5. The van der Waals surface area contributed by atoms with Gasteiger partial charge in [0, 0.05) is 12.4 Å². The Labute approximate surface area is 129 Å². The second kappa shape index (κ2) is 5.08. The van der Waals surface area contributed by atoms with Crippen LogP contribution in [0.5, 0.6) is 0 Å². The van der Waals surface area contributed by atoms with E-state index in [1.165, 1.54) is 24.3 Å². The van der Waals surface area contributed by atoms with Crippen LogP contribution in [0.3, 0.4) is 0 Å². The molecule has 3 rings (SSSR count). The van der Waals surface area contributed by atoms with Gasteiger partial charge in [-0.05, 0) is 12.1 Å². The van der Waals surface area contributed by atoms with Crippen molar-refractivity contribution in [3.63, 3.8) is 0 Å². The first-order valence-electron chi connectivity index (χ1n) is 6.43. The molecule has 122 valence electrons. The maximum Gasteiger partial charge on any atom is 0.406 e. The summed E-state index contributed by atoms with van der Waals surface area (Å²) in [6, 6.07) is 5.63. The fourth-order valence-corrected chi connectivity index (χ4v) is 3.87. The van der Waals surface area contributed by atoms with Crippen LogP contribution in [0.1, 0.15) is 16.2 Å². The van der Waals surface area contributed by atoms with Gasteiger partial charge in [0.15, 0.2) is 0 Å². The number of hydrogen-bond donors (Lipinski definition) is 0. The van der Waals surface area contributed by atoms with E-state index in [0.29, 0.717) is 4.31 Å². The van der Waals surface area contributed by atoms with Gasteiger partial charge in [-0.15, -0.1) is 0 Å². The van der Waals surface area contributed by atoms with Crippen LogP contribution in [-0.2, 0) is 23.1 Å². The topological polar surface area (TPSA) is 72.3 Å². The lowest BCUT2D eigenvalue weighted by molar-refractivity contribution is -0.141. The first-order chi connectivity index (χ1) is 10.7. The Bertz CT molecular complexity index is 874. The number of amides is 1. The average Bonchev–Trinajstić information content (AvgIpc) is 2.95. The van der Waals surface area contributed by atoms with Gasteiger partial charge in [0.2, 0.25) is 0 Å². The minimum atomic E-state index is -4.48. The lowest BCUT2D eigenvalue weighted by atomic mass is 10.2. The van der Waals surface area contributed by atoms with E-state index in [1.54, 1.807) is 0 Å². The number of carbonyl (C=O) groups excluding carboxylic acids is 1. The molecular weight excluding hydrogens is 335 g/mol. The SMILES string of the molecule is O=C1c2ccccc2S(=O)(=O)N1Cc1nccn1CC(F)(F)F. The molecule has 0 bridgehead atoms. The molecule has 1 aliphatic heterocycles. The van der Waals surface area contributed by atoms with Gasteiger partial charge in [-0.3, -0.25) is 4.79 Å². The third-order valence-electron chi connectivity index (χ3n) is 3.35. The van der Waals surface area contributed by atoms with Crippen LogP contribution in [0, 0.1) is 0 Å². The molecule has 1 aliphatic rings. The van der Waals surface area contributed by atoms with Gasteiger partial charge in [-0.2, -0.15) is 13.2 Å². The van der Waals surface area contributed by atoms with Crippen LogP contribution in [0.25, 0.3) is 0 Å². The van der Waals surface area contributed by atoms with Gasteiger partial charge in [0.1, 0.15) is 17.3 Å². The highest BCUT2D eigenvalue weighted by molar-refractivity contribution is 7.90. The smallest absolute Gasteiger partial charge is 0.324 e. The number of benzene rings is 1. The molecule has 0 fully saturated rings. The molecule has 0 spiro atoms. The van der Waals surface area contributed by atoms with E-state index in [-0.39, 0.29) is 16.3 Å². The van der Waals surface area contributed by atoms with Crippen molar-refractivity contribution in [2.45, 2.75) is 24.2 Å². The maximum absolute atomic E-state index is 12.5. The average molecular weight is 345 g/mol. The summed E-state index contributed by atoms with van der Waals surface area (Å²) in [7, 11) is -4.08. The van der Waals surface area contributed by atoms with Crippen molar-refractivity contribution >= 4 is 15.9 Å². The zero-order valence-corrected chi connectivity index (χ0v) is 12.3. The van der Waals surface area contributed by atoms with E-state index in [0.717, 1.165) is 17.0 Å². The van der Waals surface area contributed by atoms with Crippen LogP contribution in [-0.4, -0.2) is 34.4 Å². The van der Waals surface area contributed by atoms with Crippen LogP contribution in [0.4, 0.5) is 13.2 Å². The first kappa shape index (κ1) is 15.5. The van der Waals surface area contributed by atoms with Crippen molar-refractivity contribution in [3.8, 4) is 0 Å². The summed E-state index contributed by atoms with van der Waals surface area (Å²) in [6.45, 7) is -1.86. The Morgan fingerprint density at radius 2 is 1.87 bits per heavy atom. The van der Waals surface area contributed by atoms with Crippen LogP contribution < -0.4 is 0 Å². The summed E-state index contributed by atoms with van der Waals surface area (Å²) < 4.78 is 63.6. The van der Waals surface area contributed by atoms with Crippen molar-refractivity contribution in [1.82, 2.24) is 13.9 Å². The van der Waals surface area contributed by atoms with Crippen molar-refractivity contribution in [2.24, 2.45) is 0 Å². The molecule has 0 atom stereocenters. The first-order valence-corrected chi connectivity index (χ1v) is 7.87. The van der Waals surface area contributed by atoms with E-state index in [4.69, 9.17) is 0 Å². The minimum Gasteiger partial charge on any atom is -0.324 e. The zero-order chi connectivity index (χ0) is 16.8. The highest BCUT2D eigenvalue weighted by atomic mass is 32.2. The largest absolute Gasteiger partial charge is 0.406 e. The third-order valence-corrected chi connectivity index (χ3v) is 5.14. The van der Waals surface area contributed by atoms with E-state index < -0.39 is 35.2 Å². The number of carbonyl (C=O) groups is 1. The van der Waals surface area contributed by atoms with Crippen molar-refractivity contribution in [2.75, 3.05) is 0 Å². The number of rotatable bonds is 3. The number of halogens is 3. The summed E-state index contributed by atoms with van der Waals surface area (Å²) in [6.07, 6.45) is -2.27. The predicted molar refractivity (Wildman–Crippen MR) is 71.8 cm³/mol. The van der Waals surface area contributed by atoms with E-state index >= 15 is 0 Å². The molecule has 6 nitrogen and oxygen atoms in total. The van der Waals surface area contributed by atoms with Crippen molar-refractivity contribution in [3.05, 3.63) is 48.0 Å². The Balaban J connectivity index is 1.94. The number of aromatic nitrogens is 2. The highest BCUT2D eigenvalue weighted by Crippen LogP contribution is 2.31. The molecule has 2 heterocycles. The van der Waals surface area contributed by atoms with Gasteiger partial charge >= 0.3 is 6.18 Å². The summed E-state index contributed by atoms with van der Waals surface area (Å²) in [5, 5.41) is 0. The fourth-order valence-electron chi connectivity index (χ4n) is 2.34. The van der Waals surface area contributed by atoms with E-state index in [9.17, 15) is 26.4 Å². The molecule has 0 aliphatic carbocycles. The Hall–Kier alpha value is -2.36. The molecule has 2 aromatic rings.